The topological polar surface area (TPSA) is 135 Å². The Bertz CT molecular complexity index is 361. The third kappa shape index (κ3) is 5.46. The van der Waals surface area contributed by atoms with Crippen molar-refractivity contribution >= 4 is 22.1 Å². The van der Waals surface area contributed by atoms with E-state index >= 15 is 0 Å². The van der Waals surface area contributed by atoms with Gasteiger partial charge in [-0.2, -0.15) is 8.42 Å². The van der Waals surface area contributed by atoms with E-state index in [1.165, 1.54) is 0 Å². The first-order valence-corrected chi connectivity index (χ1v) is 4.90. The zero-order valence-corrected chi connectivity index (χ0v) is 14.2. The molecule has 0 rings (SSSR count). The maximum atomic E-state index is 10.6. The first-order chi connectivity index (χ1) is 6.01. The van der Waals surface area contributed by atoms with Crippen LogP contribution in [0.15, 0.2) is 0 Å². The quantitative estimate of drug-likeness (QED) is 0.396. The largest absolute Gasteiger partial charge is 1.00 e. The van der Waals surface area contributed by atoms with Crippen LogP contribution in [0, 0.1) is 5.41 Å². The van der Waals surface area contributed by atoms with E-state index in [0.29, 0.717) is 0 Å². The minimum absolute atomic E-state index is 0. The molecular formula is C6H8Na2O7S. The smallest absolute Gasteiger partial charge is 0.550 e. The van der Waals surface area contributed by atoms with Gasteiger partial charge in [0.2, 0.25) is 0 Å². The third-order valence-electron chi connectivity index (χ3n) is 1.69. The molecule has 16 heavy (non-hydrogen) atoms. The molecule has 0 aromatic carbocycles. The molecule has 0 aliphatic carbocycles. The summed E-state index contributed by atoms with van der Waals surface area (Å²) in [6, 6.07) is 0. The van der Waals surface area contributed by atoms with Gasteiger partial charge in [-0.25, -0.2) is 0 Å². The van der Waals surface area contributed by atoms with Crippen LogP contribution in [0.3, 0.4) is 0 Å². The van der Waals surface area contributed by atoms with Crippen LogP contribution in [0.2, 0.25) is 0 Å². The zero-order chi connectivity index (χ0) is 11.7. The molecular weight excluding hydrogens is 262 g/mol. The number of carbonyl (C=O) groups is 2. The standard InChI is InChI=1S/C6H10O7S.2Na/c1-6(2,5(9)10)3(4(7)8)14(11,12)13;;/h3H,1-2H3,(H,7,8)(H,9,10)(H,11,12,13);;/q;2*+1/p-2. The van der Waals surface area contributed by atoms with Gasteiger partial charge in [0.25, 0.3) is 10.1 Å². The molecule has 0 aliphatic heterocycles. The number of hydrogen-bond acceptors (Lipinski definition) is 6. The van der Waals surface area contributed by atoms with Crippen molar-refractivity contribution in [3.8, 4) is 0 Å². The fraction of sp³-hybridized carbons (Fsp3) is 0.667. The number of rotatable bonds is 4. The fourth-order valence-electron chi connectivity index (χ4n) is 0.896. The summed E-state index contributed by atoms with van der Waals surface area (Å²) in [5, 5.41) is 18.2. The molecule has 0 fully saturated rings. The van der Waals surface area contributed by atoms with E-state index in [1.54, 1.807) is 0 Å². The summed E-state index contributed by atoms with van der Waals surface area (Å²) in [5.41, 5.74) is -2.27. The van der Waals surface area contributed by atoms with Crippen molar-refractivity contribution in [3.05, 3.63) is 0 Å². The van der Waals surface area contributed by atoms with Crippen molar-refractivity contribution in [1.29, 1.82) is 0 Å². The Hall–Kier alpha value is 0.850. The van der Waals surface area contributed by atoms with Crippen molar-refractivity contribution < 1.29 is 91.9 Å². The molecule has 0 radical (unpaired) electrons. The van der Waals surface area contributed by atoms with Gasteiger partial charge in [-0.05, 0) is 0 Å². The van der Waals surface area contributed by atoms with E-state index in [2.05, 4.69) is 0 Å². The number of carbonyl (C=O) groups excluding carboxylic acids is 2. The van der Waals surface area contributed by atoms with Crippen LogP contribution in [0.5, 0.6) is 0 Å². The van der Waals surface area contributed by atoms with Crippen molar-refractivity contribution in [1.82, 2.24) is 0 Å². The summed E-state index contributed by atoms with van der Waals surface area (Å²) in [7, 11) is -5.05. The van der Waals surface area contributed by atoms with Gasteiger partial charge in [0.05, 0.1) is 5.97 Å². The molecule has 0 spiro atoms. The van der Waals surface area contributed by atoms with Crippen LogP contribution in [-0.4, -0.2) is 30.2 Å². The first-order valence-electron chi connectivity index (χ1n) is 3.40. The van der Waals surface area contributed by atoms with E-state index in [1.807, 2.05) is 0 Å². The number of carboxylic acids is 2. The fourth-order valence-corrected chi connectivity index (χ4v) is 1.98. The number of carboxylic acid groups (broad SMARTS) is 2. The molecule has 0 aromatic rings. The van der Waals surface area contributed by atoms with Crippen LogP contribution in [-0.2, 0) is 19.7 Å². The normalized spacial score (nSPS) is 12.9. The Kier molecular flexibility index (Phi) is 10.1. The van der Waals surface area contributed by atoms with E-state index in [0.717, 1.165) is 13.8 Å². The van der Waals surface area contributed by atoms with Gasteiger partial charge in [0.15, 0.2) is 0 Å². The third-order valence-corrected chi connectivity index (χ3v) is 3.07. The molecule has 0 aromatic heterocycles. The summed E-state index contributed by atoms with van der Waals surface area (Å²) >= 11 is 0. The molecule has 7 nitrogen and oxygen atoms in total. The van der Waals surface area contributed by atoms with Crippen molar-refractivity contribution in [2.45, 2.75) is 19.1 Å². The van der Waals surface area contributed by atoms with E-state index in [9.17, 15) is 28.2 Å². The van der Waals surface area contributed by atoms with Gasteiger partial charge in [-0.1, -0.05) is 13.8 Å². The molecule has 0 saturated carbocycles. The van der Waals surface area contributed by atoms with Gasteiger partial charge in [0, 0.05) is 11.4 Å². The number of aliphatic carboxylic acids is 2. The molecule has 0 saturated heterocycles. The van der Waals surface area contributed by atoms with Crippen molar-refractivity contribution in [3.63, 3.8) is 0 Å². The van der Waals surface area contributed by atoms with Crippen LogP contribution in [0.1, 0.15) is 13.8 Å². The molecule has 10 heteroatoms. The summed E-state index contributed by atoms with van der Waals surface area (Å²) < 4.78 is 29.6. The Morgan fingerprint density at radius 3 is 1.56 bits per heavy atom. The minimum Gasteiger partial charge on any atom is -0.550 e. The van der Waals surface area contributed by atoms with Crippen molar-refractivity contribution in [2.75, 3.05) is 0 Å². The maximum Gasteiger partial charge on any atom is 1.00 e. The predicted octanol–water partition coefficient (Wildman–Crippen LogP) is -9.22. The predicted molar refractivity (Wildman–Crippen MR) is 39.1 cm³/mol. The van der Waals surface area contributed by atoms with E-state index < -0.39 is 32.7 Å². The molecule has 0 heterocycles. The molecule has 0 aliphatic rings. The molecule has 1 unspecified atom stereocenters. The number of hydrogen-bond donors (Lipinski definition) is 1. The summed E-state index contributed by atoms with van der Waals surface area (Å²) in [6.45, 7) is 1.60. The zero-order valence-electron chi connectivity index (χ0n) is 9.38. The maximum absolute atomic E-state index is 10.6. The van der Waals surface area contributed by atoms with Crippen LogP contribution in [0.25, 0.3) is 0 Å². The SMILES string of the molecule is CC(C)(C(=O)[O-])C(C(=O)[O-])S(=O)(=O)O.[Na+].[Na+]. The second-order valence-electron chi connectivity index (χ2n) is 3.22. The van der Waals surface area contributed by atoms with Crippen LogP contribution < -0.4 is 69.3 Å². The van der Waals surface area contributed by atoms with Gasteiger partial charge in [0.1, 0.15) is 5.25 Å². The van der Waals surface area contributed by atoms with Gasteiger partial charge in [-0.15, -0.1) is 0 Å². The second-order valence-corrected chi connectivity index (χ2v) is 4.72. The summed E-state index contributed by atoms with van der Waals surface area (Å²) in [6.07, 6.45) is 0. The molecule has 0 bridgehead atoms. The second kappa shape index (κ2) is 7.32. The van der Waals surface area contributed by atoms with Gasteiger partial charge >= 0.3 is 59.1 Å². The molecule has 82 valence electrons. The molecule has 1 N–H and O–H groups in total. The van der Waals surface area contributed by atoms with E-state index in [-0.39, 0.29) is 59.1 Å². The first kappa shape index (κ1) is 22.1. The van der Waals surface area contributed by atoms with E-state index in [4.69, 9.17) is 4.55 Å². The van der Waals surface area contributed by atoms with Gasteiger partial charge < -0.3 is 19.8 Å². The molecule has 1 atom stereocenters. The monoisotopic (exact) mass is 270 g/mol. The van der Waals surface area contributed by atoms with Gasteiger partial charge in [-0.3, -0.25) is 4.55 Å². The Balaban J connectivity index is -0.000000845. The van der Waals surface area contributed by atoms with Crippen LogP contribution >= 0.6 is 0 Å². The average molecular weight is 270 g/mol. The average Bonchev–Trinajstić information content (AvgIpc) is 1.79. The Labute approximate surface area is 137 Å². The van der Waals surface area contributed by atoms with Crippen LogP contribution in [0.4, 0.5) is 0 Å². The van der Waals surface area contributed by atoms with Crippen molar-refractivity contribution in [2.24, 2.45) is 5.41 Å². The Morgan fingerprint density at radius 1 is 1.19 bits per heavy atom. The Morgan fingerprint density at radius 2 is 1.50 bits per heavy atom. The minimum atomic E-state index is -5.05. The molecule has 0 amide bonds. The summed E-state index contributed by atoms with van der Waals surface area (Å²) in [4.78, 5) is 20.8. The summed E-state index contributed by atoms with van der Waals surface area (Å²) in [5.74, 6) is -4.11.